The smallest absolute Gasteiger partial charge is 0.416 e. The average Bonchev–Trinajstić information content (AvgIpc) is 2.91. The Morgan fingerprint density at radius 2 is 1.70 bits per heavy atom. The maximum absolute atomic E-state index is 13.4. The Kier molecular flexibility index (Phi) is 11.4. The van der Waals surface area contributed by atoms with E-state index in [1.54, 1.807) is 32.9 Å². The molecule has 3 rings (SSSR count). The van der Waals surface area contributed by atoms with E-state index in [0.717, 1.165) is 11.0 Å². The molecule has 1 saturated carbocycles. The molecule has 2 aromatic carbocycles. The van der Waals surface area contributed by atoms with E-state index in [4.69, 9.17) is 10.5 Å². The van der Waals surface area contributed by atoms with Gasteiger partial charge in [0.05, 0.1) is 34.0 Å². The van der Waals surface area contributed by atoms with Crippen LogP contribution < -0.4 is 21.7 Å². The number of benzene rings is 2. The number of carbonyl (C=O) groups excluding carboxylic acids is 3. The van der Waals surface area contributed by atoms with Gasteiger partial charge in [0, 0.05) is 17.0 Å². The van der Waals surface area contributed by atoms with E-state index < -0.39 is 69.2 Å². The Morgan fingerprint density at radius 3 is 2.30 bits per heavy atom. The van der Waals surface area contributed by atoms with Crippen LogP contribution in [0.3, 0.4) is 0 Å². The van der Waals surface area contributed by atoms with E-state index in [2.05, 4.69) is 16.0 Å². The molecule has 0 heterocycles. The number of nitrogens with one attached hydrogen (secondary N) is 3. The van der Waals surface area contributed by atoms with Crippen molar-refractivity contribution in [2.45, 2.75) is 73.7 Å². The Bertz CT molecular complexity index is 1460. The first-order chi connectivity index (χ1) is 20.4. The standard InChI is InChI=1S/C29H37F3N4O6S2/c1-28(2,3)42-27(39)36-24-11-5-18(29(30,31)32)14-22(24)26(38)34-15-25(37)35-23-12-6-19(33)13-17(23)16-44(40,41)21-9-7-20(43-4)8-10-21/h5,7-11,14,17,19,23H,6,12-13,15-16,33H2,1-4H3,(H,34,38)(H,35,37)(H,36,39). The van der Waals surface area contributed by atoms with Crippen molar-refractivity contribution in [2.75, 3.05) is 23.9 Å². The van der Waals surface area contributed by atoms with Gasteiger partial charge in [-0.3, -0.25) is 14.9 Å². The monoisotopic (exact) mass is 658 g/mol. The van der Waals surface area contributed by atoms with Gasteiger partial charge in [-0.05, 0) is 94.7 Å². The van der Waals surface area contributed by atoms with Crippen molar-refractivity contribution >= 4 is 45.2 Å². The van der Waals surface area contributed by atoms with Crippen molar-refractivity contribution in [3.05, 3.63) is 53.6 Å². The highest BCUT2D eigenvalue weighted by molar-refractivity contribution is 7.98. The first-order valence-electron chi connectivity index (χ1n) is 13.8. The molecule has 5 N–H and O–H groups in total. The Balaban J connectivity index is 1.70. The van der Waals surface area contributed by atoms with Gasteiger partial charge in [-0.2, -0.15) is 13.2 Å². The molecule has 0 aliphatic heterocycles. The molecule has 0 aromatic heterocycles. The van der Waals surface area contributed by atoms with Gasteiger partial charge in [-0.15, -0.1) is 11.8 Å². The summed E-state index contributed by atoms with van der Waals surface area (Å²) in [6.07, 6.45) is -2.58. The maximum atomic E-state index is 13.4. The van der Waals surface area contributed by atoms with Gasteiger partial charge in [0.15, 0.2) is 9.84 Å². The summed E-state index contributed by atoms with van der Waals surface area (Å²) in [4.78, 5) is 39.1. The maximum Gasteiger partial charge on any atom is 0.416 e. The van der Waals surface area contributed by atoms with Gasteiger partial charge < -0.3 is 21.1 Å². The summed E-state index contributed by atoms with van der Waals surface area (Å²) < 4.78 is 71.6. The second kappa shape index (κ2) is 14.2. The van der Waals surface area contributed by atoms with E-state index in [1.165, 1.54) is 23.9 Å². The highest BCUT2D eigenvalue weighted by Crippen LogP contribution is 2.32. The van der Waals surface area contributed by atoms with Crippen LogP contribution in [0.15, 0.2) is 52.3 Å². The molecule has 1 aliphatic carbocycles. The summed E-state index contributed by atoms with van der Waals surface area (Å²) in [5.74, 6) is -2.47. The Morgan fingerprint density at radius 1 is 1.05 bits per heavy atom. The summed E-state index contributed by atoms with van der Waals surface area (Å²) in [5.41, 5.74) is 3.30. The largest absolute Gasteiger partial charge is 0.444 e. The van der Waals surface area contributed by atoms with Crippen molar-refractivity contribution in [3.63, 3.8) is 0 Å². The lowest BCUT2D eigenvalue weighted by molar-refractivity contribution is -0.137. The van der Waals surface area contributed by atoms with Gasteiger partial charge in [-0.25, -0.2) is 13.2 Å². The Labute approximate surface area is 259 Å². The van der Waals surface area contributed by atoms with Crippen LogP contribution in [0.2, 0.25) is 0 Å². The number of alkyl halides is 3. The number of amides is 3. The number of halogens is 3. The van der Waals surface area contributed by atoms with Crippen molar-refractivity contribution in [1.29, 1.82) is 0 Å². The minimum absolute atomic E-state index is 0.156. The molecule has 0 saturated heterocycles. The van der Waals surface area contributed by atoms with Crippen molar-refractivity contribution in [1.82, 2.24) is 10.6 Å². The number of hydrogen-bond acceptors (Lipinski definition) is 8. The van der Waals surface area contributed by atoms with E-state index in [-0.39, 0.29) is 22.4 Å². The van der Waals surface area contributed by atoms with Crippen molar-refractivity contribution in [2.24, 2.45) is 11.7 Å². The number of hydrogen-bond donors (Lipinski definition) is 4. The molecule has 44 heavy (non-hydrogen) atoms. The molecule has 3 unspecified atom stereocenters. The predicted octanol–water partition coefficient (Wildman–Crippen LogP) is 4.59. The van der Waals surface area contributed by atoms with Gasteiger partial charge in [0.1, 0.15) is 5.60 Å². The van der Waals surface area contributed by atoms with Crippen LogP contribution in [0, 0.1) is 5.92 Å². The van der Waals surface area contributed by atoms with Gasteiger partial charge in [0.2, 0.25) is 5.91 Å². The number of carbonyl (C=O) groups is 3. The minimum Gasteiger partial charge on any atom is -0.444 e. The number of ether oxygens (including phenoxy) is 1. The highest BCUT2D eigenvalue weighted by Gasteiger charge is 2.35. The quantitative estimate of drug-likeness (QED) is 0.285. The molecular weight excluding hydrogens is 621 g/mol. The molecule has 242 valence electrons. The molecule has 3 amide bonds. The first-order valence-corrected chi connectivity index (χ1v) is 16.7. The Hall–Kier alpha value is -3.30. The molecule has 10 nitrogen and oxygen atoms in total. The normalized spacial score (nSPS) is 19.1. The second-order valence-corrected chi connectivity index (χ2v) is 14.4. The third kappa shape index (κ3) is 10.1. The highest BCUT2D eigenvalue weighted by atomic mass is 32.2. The van der Waals surface area contributed by atoms with Crippen molar-refractivity contribution < 1.29 is 40.7 Å². The summed E-state index contributed by atoms with van der Waals surface area (Å²) in [5, 5.41) is 7.30. The summed E-state index contributed by atoms with van der Waals surface area (Å²) in [7, 11) is -3.70. The molecule has 1 fully saturated rings. The SMILES string of the molecule is CSc1ccc(S(=O)(=O)CC2CC(N)CCC2NC(=O)CNC(=O)c2cc(C(F)(F)F)ccc2NC(=O)OC(C)(C)C)cc1. The number of sulfone groups is 1. The second-order valence-electron chi connectivity index (χ2n) is 11.5. The average molecular weight is 659 g/mol. The van der Waals surface area contributed by atoms with E-state index >= 15 is 0 Å². The minimum atomic E-state index is -4.77. The van der Waals surface area contributed by atoms with Crippen molar-refractivity contribution in [3.8, 4) is 0 Å². The number of anilines is 1. The number of thioether (sulfide) groups is 1. The zero-order valence-corrected chi connectivity index (χ0v) is 26.4. The molecule has 0 bridgehead atoms. The molecule has 3 atom stereocenters. The molecule has 0 spiro atoms. The lowest BCUT2D eigenvalue weighted by Gasteiger charge is -2.35. The third-order valence-corrected chi connectivity index (χ3v) is 9.46. The third-order valence-electron chi connectivity index (χ3n) is 6.86. The molecule has 1 aliphatic rings. The van der Waals surface area contributed by atoms with Crippen LogP contribution in [-0.4, -0.2) is 62.6 Å². The van der Waals surface area contributed by atoms with Crippen LogP contribution in [0.25, 0.3) is 0 Å². The van der Waals surface area contributed by atoms with Crippen LogP contribution in [0.1, 0.15) is 56.0 Å². The summed E-state index contributed by atoms with van der Waals surface area (Å²) in [6.45, 7) is 4.16. The molecule has 15 heteroatoms. The van der Waals surface area contributed by atoms with Gasteiger partial charge >= 0.3 is 12.3 Å². The van der Waals surface area contributed by atoms with Crippen LogP contribution >= 0.6 is 11.8 Å². The number of nitrogens with two attached hydrogens (primary N) is 1. The predicted molar refractivity (Wildman–Crippen MR) is 161 cm³/mol. The molecule has 0 radical (unpaired) electrons. The number of rotatable bonds is 9. The van der Waals surface area contributed by atoms with Crippen LogP contribution in [0.4, 0.5) is 23.7 Å². The summed E-state index contributed by atoms with van der Waals surface area (Å²) >= 11 is 1.48. The van der Waals surface area contributed by atoms with E-state index in [0.29, 0.717) is 31.4 Å². The zero-order valence-electron chi connectivity index (χ0n) is 24.8. The van der Waals surface area contributed by atoms with E-state index in [1.807, 2.05) is 6.26 Å². The zero-order chi connectivity index (χ0) is 32.9. The first kappa shape index (κ1) is 35.2. The summed E-state index contributed by atoms with van der Waals surface area (Å²) in [6, 6.07) is 7.88. The fraction of sp³-hybridized carbons (Fsp3) is 0.483. The van der Waals surface area contributed by atoms with Gasteiger partial charge in [-0.1, -0.05) is 0 Å². The van der Waals surface area contributed by atoms with Gasteiger partial charge in [0.25, 0.3) is 5.91 Å². The molecular formula is C29H37F3N4O6S2. The fourth-order valence-corrected chi connectivity index (χ4v) is 6.86. The fourth-order valence-electron chi connectivity index (χ4n) is 4.78. The van der Waals surface area contributed by atoms with E-state index in [9.17, 15) is 36.0 Å². The topological polar surface area (TPSA) is 157 Å². The lowest BCUT2D eigenvalue weighted by Crippen LogP contribution is -2.50. The van der Waals surface area contributed by atoms with Crippen LogP contribution in [0.5, 0.6) is 0 Å². The van der Waals surface area contributed by atoms with Crippen LogP contribution in [-0.2, 0) is 25.5 Å². The molecule has 2 aromatic rings. The lowest BCUT2D eigenvalue weighted by atomic mass is 9.83.